The summed E-state index contributed by atoms with van der Waals surface area (Å²) in [7, 11) is 0. The van der Waals surface area contributed by atoms with Crippen molar-refractivity contribution < 1.29 is 0 Å². The summed E-state index contributed by atoms with van der Waals surface area (Å²) < 4.78 is 4.64. The van der Waals surface area contributed by atoms with E-state index in [1.54, 1.807) is 0 Å². The van der Waals surface area contributed by atoms with Gasteiger partial charge in [-0.25, -0.2) is 0 Å². The van der Waals surface area contributed by atoms with Gasteiger partial charge in [0.15, 0.2) is 0 Å². The van der Waals surface area contributed by atoms with E-state index in [1.807, 2.05) is 0 Å². The number of fused-ring (bicyclic) bond motifs is 5. The molecule has 124 valence electrons. The summed E-state index contributed by atoms with van der Waals surface area (Å²) in [6.45, 7) is 13.5. The predicted octanol–water partition coefficient (Wildman–Crippen LogP) is 6.26. The summed E-state index contributed by atoms with van der Waals surface area (Å²) in [6, 6.07) is 9.07. The van der Waals surface area contributed by atoms with E-state index < -0.39 is 0 Å². The minimum absolute atomic E-state index is 0.102. The molecule has 0 amide bonds. The smallest absolute Gasteiger partial charge is 0.0356 e. The van der Waals surface area contributed by atoms with Gasteiger partial charge in [0, 0.05) is 46.6 Å². The second kappa shape index (κ2) is 4.66. The Morgan fingerprint density at radius 2 is 0.875 bits per heavy atom. The van der Waals surface area contributed by atoms with Gasteiger partial charge in [-0.3, -0.25) is 0 Å². The molecule has 0 N–H and O–H groups in total. The van der Waals surface area contributed by atoms with E-state index in [0.29, 0.717) is 0 Å². The minimum Gasteiger partial charge on any atom is -0.348 e. The van der Waals surface area contributed by atoms with Gasteiger partial charge in [0.25, 0.3) is 0 Å². The lowest BCUT2D eigenvalue weighted by molar-refractivity contribution is 0.399. The van der Waals surface area contributed by atoms with E-state index in [2.05, 4.69) is 99.7 Å². The van der Waals surface area contributed by atoms with Crippen LogP contribution in [0.15, 0.2) is 49.1 Å². The lowest BCUT2D eigenvalue weighted by Gasteiger charge is -2.20. The number of nitrogens with zero attached hydrogens (tertiary/aromatic N) is 2. The SMILES string of the molecule is CC(C)(C)n1cc2ccc3c4cn(C(C)(C)C)cc4ccc3c2c1. The van der Waals surface area contributed by atoms with Crippen LogP contribution in [0.25, 0.3) is 32.3 Å². The molecule has 0 aliphatic heterocycles. The fourth-order valence-corrected chi connectivity index (χ4v) is 3.43. The largest absolute Gasteiger partial charge is 0.348 e. The molecule has 0 aliphatic carbocycles. The predicted molar refractivity (Wildman–Crippen MR) is 105 cm³/mol. The van der Waals surface area contributed by atoms with Crippen molar-refractivity contribution in [3.8, 4) is 0 Å². The van der Waals surface area contributed by atoms with Crippen molar-refractivity contribution in [2.75, 3.05) is 0 Å². The van der Waals surface area contributed by atoms with Crippen LogP contribution in [0.1, 0.15) is 41.5 Å². The van der Waals surface area contributed by atoms with Crippen molar-refractivity contribution in [1.29, 1.82) is 0 Å². The zero-order valence-electron chi connectivity index (χ0n) is 15.5. The van der Waals surface area contributed by atoms with Gasteiger partial charge in [0.05, 0.1) is 0 Å². The molecule has 2 heterocycles. The normalized spacial score (nSPS) is 13.4. The van der Waals surface area contributed by atoms with Gasteiger partial charge in [0.2, 0.25) is 0 Å². The molecular formula is C22H26N2. The Labute approximate surface area is 143 Å². The lowest BCUT2D eigenvalue weighted by Crippen LogP contribution is -2.19. The average molecular weight is 318 g/mol. The molecule has 0 fully saturated rings. The Bertz CT molecular complexity index is 975. The molecule has 4 aromatic rings. The van der Waals surface area contributed by atoms with Crippen LogP contribution in [0.4, 0.5) is 0 Å². The fourth-order valence-electron chi connectivity index (χ4n) is 3.43. The van der Waals surface area contributed by atoms with Crippen molar-refractivity contribution in [2.24, 2.45) is 0 Å². The van der Waals surface area contributed by atoms with Gasteiger partial charge in [-0.1, -0.05) is 24.3 Å². The maximum atomic E-state index is 2.32. The first-order valence-electron chi connectivity index (χ1n) is 8.71. The molecule has 2 nitrogen and oxygen atoms in total. The number of hydrogen-bond donors (Lipinski definition) is 0. The van der Waals surface area contributed by atoms with Gasteiger partial charge in [-0.05, 0) is 63.1 Å². The summed E-state index contributed by atoms with van der Waals surface area (Å²) in [4.78, 5) is 0. The number of aromatic nitrogens is 2. The minimum atomic E-state index is 0.102. The van der Waals surface area contributed by atoms with Crippen LogP contribution in [0.5, 0.6) is 0 Å². The molecule has 0 saturated carbocycles. The van der Waals surface area contributed by atoms with Gasteiger partial charge >= 0.3 is 0 Å². The Hall–Kier alpha value is -2.22. The highest BCUT2D eigenvalue weighted by atomic mass is 15.0. The summed E-state index contributed by atoms with van der Waals surface area (Å²) in [6.07, 6.45) is 9.12. The standard InChI is InChI=1S/C22H26N2/c1-21(2,3)23-11-15-7-9-18-17(19(15)13-23)10-8-16-12-24(14-20(16)18)22(4,5)6/h7-14H,1-6H3. The van der Waals surface area contributed by atoms with Crippen molar-refractivity contribution >= 4 is 32.3 Å². The van der Waals surface area contributed by atoms with Gasteiger partial charge in [-0.15, -0.1) is 0 Å². The molecule has 0 atom stereocenters. The molecule has 2 aromatic carbocycles. The highest BCUT2D eigenvalue weighted by Gasteiger charge is 2.17. The molecule has 2 aromatic heterocycles. The summed E-state index contributed by atoms with van der Waals surface area (Å²) in [5, 5.41) is 7.99. The van der Waals surface area contributed by atoms with Crippen LogP contribution < -0.4 is 0 Å². The van der Waals surface area contributed by atoms with E-state index in [9.17, 15) is 0 Å². The van der Waals surface area contributed by atoms with E-state index >= 15 is 0 Å². The van der Waals surface area contributed by atoms with E-state index in [1.165, 1.54) is 32.3 Å². The zero-order valence-corrected chi connectivity index (χ0v) is 15.5. The van der Waals surface area contributed by atoms with Gasteiger partial charge in [0.1, 0.15) is 0 Å². The second-order valence-corrected chi connectivity index (χ2v) is 8.90. The van der Waals surface area contributed by atoms with E-state index in [0.717, 1.165) is 0 Å². The second-order valence-electron chi connectivity index (χ2n) is 8.90. The maximum absolute atomic E-state index is 2.32. The third-order valence-corrected chi connectivity index (χ3v) is 4.99. The third-order valence-electron chi connectivity index (χ3n) is 4.99. The Kier molecular flexibility index (Phi) is 2.97. The molecule has 0 spiro atoms. The zero-order chi connectivity index (χ0) is 17.3. The fraction of sp³-hybridized carbons (Fsp3) is 0.364. The van der Waals surface area contributed by atoms with Crippen LogP contribution in [-0.4, -0.2) is 9.13 Å². The summed E-state index contributed by atoms with van der Waals surface area (Å²) >= 11 is 0. The van der Waals surface area contributed by atoms with E-state index in [-0.39, 0.29) is 11.1 Å². The number of hydrogen-bond acceptors (Lipinski definition) is 0. The average Bonchev–Trinajstić information content (AvgIpc) is 3.09. The van der Waals surface area contributed by atoms with Crippen molar-refractivity contribution in [3.05, 3.63) is 49.1 Å². The lowest BCUT2D eigenvalue weighted by atomic mass is 10.0. The first kappa shape index (κ1) is 15.3. The van der Waals surface area contributed by atoms with E-state index in [4.69, 9.17) is 0 Å². The Balaban J connectivity index is 2.05. The monoisotopic (exact) mass is 318 g/mol. The molecule has 4 rings (SSSR count). The number of benzene rings is 2. The number of rotatable bonds is 0. The molecule has 0 aliphatic rings. The first-order chi connectivity index (χ1) is 11.1. The maximum Gasteiger partial charge on any atom is 0.0356 e. The summed E-state index contributed by atoms with van der Waals surface area (Å²) in [5.74, 6) is 0. The molecule has 0 bridgehead atoms. The van der Waals surface area contributed by atoms with Crippen LogP contribution in [0.3, 0.4) is 0 Å². The molecule has 0 unspecified atom stereocenters. The summed E-state index contributed by atoms with van der Waals surface area (Å²) in [5.41, 5.74) is 0.204. The van der Waals surface area contributed by atoms with Crippen molar-refractivity contribution in [2.45, 2.75) is 52.6 Å². The van der Waals surface area contributed by atoms with Crippen LogP contribution in [0, 0.1) is 0 Å². The van der Waals surface area contributed by atoms with Crippen LogP contribution >= 0.6 is 0 Å². The molecule has 0 saturated heterocycles. The van der Waals surface area contributed by atoms with Crippen molar-refractivity contribution in [1.82, 2.24) is 9.13 Å². The Morgan fingerprint density at radius 3 is 1.21 bits per heavy atom. The first-order valence-corrected chi connectivity index (χ1v) is 8.71. The topological polar surface area (TPSA) is 9.86 Å². The van der Waals surface area contributed by atoms with Gasteiger partial charge < -0.3 is 9.13 Å². The van der Waals surface area contributed by atoms with Gasteiger partial charge in [-0.2, -0.15) is 0 Å². The Morgan fingerprint density at radius 1 is 0.500 bits per heavy atom. The molecule has 0 radical (unpaired) electrons. The quantitative estimate of drug-likeness (QED) is 0.362. The highest BCUT2D eigenvalue weighted by molar-refractivity contribution is 6.17. The molecule has 24 heavy (non-hydrogen) atoms. The third kappa shape index (κ3) is 2.24. The molecule has 2 heteroatoms. The van der Waals surface area contributed by atoms with Crippen molar-refractivity contribution in [3.63, 3.8) is 0 Å². The molecular weight excluding hydrogens is 292 g/mol. The highest BCUT2D eigenvalue weighted by Crippen LogP contribution is 2.34. The van der Waals surface area contributed by atoms with Crippen LogP contribution in [0.2, 0.25) is 0 Å². The van der Waals surface area contributed by atoms with Crippen LogP contribution in [-0.2, 0) is 11.1 Å².